The number of nitrogens with zero attached hydrogens (tertiary/aromatic N) is 3. The number of aryl methyl sites for hydroxylation is 3. The molecule has 1 aliphatic rings. The van der Waals surface area contributed by atoms with Crippen LogP contribution in [0.25, 0.3) is 10.2 Å². The lowest BCUT2D eigenvalue weighted by molar-refractivity contribution is 0.0991. The normalized spacial score (nSPS) is 13.5. The second-order valence-corrected chi connectivity index (χ2v) is 8.25. The van der Waals surface area contributed by atoms with Crippen LogP contribution in [0.1, 0.15) is 53.3 Å². The molecule has 0 spiro atoms. The molecule has 146 valence electrons. The molecule has 0 atom stereocenters. The minimum atomic E-state index is -0.0605. The molecule has 2 aromatic heterocycles. The summed E-state index contributed by atoms with van der Waals surface area (Å²) in [7, 11) is 0. The van der Waals surface area contributed by atoms with Gasteiger partial charge in [-0.2, -0.15) is 0 Å². The Kier molecular flexibility index (Phi) is 5.06. The van der Waals surface area contributed by atoms with E-state index in [1.165, 1.54) is 16.9 Å². The van der Waals surface area contributed by atoms with Crippen LogP contribution < -0.4 is 10.5 Å². The third kappa shape index (κ3) is 3.05. The first-order chi connectivity index (χ1) is 13.5. The number of anilines is 1. The monoisotopic (exact) mass is 395 g/mol. The number of hydrogen-bond acceptors (Lipinski definition) is 4. The molecule has 0 saturated heterocycles. The van der Waals surface area contributed by atoms with E-state index in [9.17, 15) is 9.59 Å². The molecule has 1 amide bonds. The minimum absolute atomic E-state index is 0.00264. The summed E-state index contributed by atoms with van der Waals surface area (Å²) in [5.41, 5.74) is 2.88. The fourth-order valence-corrected chi connectivity index (χ4v) is 5.05. The predicted molar refractivity (Wildman–Crippen MR) is 115 cm³/mol. The SMILES string of the molecule is CCc1ccc(N(CC)C(=O)c2sc3nc4n(c(=O)c3c2C)CCCC4)cc1. The molecule has 3 aromatic rings. The molecule has 0 radical (unpaired) electrons. The number of rotatable bonds is 4. The summed E-state index contributed by atoms with van der Waals surface area (Å²) in [6.45, 7) is 7.25. The van der Waals surface area contributed by atoms with Gasteiger partial charge in [0, 0.05) is 25.2 Å². The smallest absolute Gasteiger partial charge is 0.268 e. The molecule has 1 aliphatic heterocycles. The number of thiophene rings is 1. The van der Waals surface area contributed by atoms with Gasteiger partial charge in [-0.05, 0) is 56.4 Å². The molecule has 0 unspecified atom stereocenters. The van der Waals surface area contributed by atoms with E-state index in [-0.39, 0.29) is 11.5 Å². The van der Waals surface area contributed by atoms with E-state index in [1.807, 2.05) is 26.0 Å². The number of carbonyl (C=O) groups excluding carboxylic acids is 1. The summed E-state index contributed by atoms with van der Waals surface area (Å²) in [4.78, 5) is 34.2. The number of hydrogen-bond donors (Lipinski definition) is 0. The van der Waals surface area contributed by atoms with Crippen molar-refractivity contribution in [2.24, 2.45) is 0 Å². The van der Waals surface area contributed by atoms with Crippen molar-refractivity contribution in [3.05, 3.63) is 56.4 Å². The maximum Gasteiger partial charge on any atom is 0.268 e. The Morgan fingerprint density at radius 1 is 1.21 bits per heavy atom. The number of aromatic nitrogens is 2. The number of amides is 1. The zero-order valence-electron chi connectivity index (χ0n) is 16.6. The first-order valence-corrected chi connectivity index (χ1v) is 10.8. The average Bonchev–Trinajstić information content (AvgIpc) is 3.05. The molecule has 0 bridgehead atoms. The van der Waals surface area contributed by atoms with Crippen molar-refractivity contribution in [3.63, 3.8) is 0 Å². The Morgan fingerprint density at radius 3 is 2.64 bits per heavy atom. The molecule has 0 saturated carbocycles. The second kappa shape index (κ2) is 7.51. The highest BCUT2D eigenvalue weighted by Crippen LogP contribution is 2.31. The summed E-state index contributed by atoms with van der Waals surface area (Å²) in [5, 5.41) is 0.608. The van der Waals surface area contributed by atoms with E-state index in [1.54, 1.807) is 9.47 Å². The van der Waals surface area contributed by atoms with Gasteiger partial charge < -0.3 is 4.90 Å². The minimum Gasteiger partial charge on any atom is -0.308 e. The molecular formula is C22H25N3O2S. The highest BCUT2D eigenvalue weighted by Gasteiger charge is 2.25. The first kappa shape index (κ1) is 18.9. The molecule has 28 heavy (non-hydrogen) atoms. The van der Waals surface area contributed by atoms with Crippen molar-refractivity contribution >= 4 is 33.1 Å². The third-order valence-electron chi connectivity index (χ3n) is 5.57. The maximum atomic E-state index is 13.4. The summed E-state index contributed by atoms with van der Waals surface area (Å²) in [5.74, 6) is 0.793. The van der Waals surface area contributed by atoms with Crippen LogP contribution in [0.5, 0.6) is 0 Å². The van der Waals surface area contributed by atoms with Crippen LogP contribution in [0.2, 0.25) is 0 Å². The average molecular weight is 396 g/mol. The Balaban J connectivity index is 1.78. The Bertz CT molecular complexity index is 1100. The quantitative estimate of drug-likeness (QED) is 0.661. The van der Waals surface area contributed by atoms with Gasteiger partial charge >= 0.3 is 0 Å². The predicted octanol–water partition coefficient (Wildman–Crippen LogP) is 4.33. The largest absolute Gasteiger partial charge is 0.308 e. The lowest BCUT2D eigenvalue weighted by atomic mass is 10.1. The van der Waals surface area contributed by atoms with Crippen LogP contribution in [-0.2, 0) is 19.4 Å². The number of carbonyl (C=O) groups is 1. The summed E-state index contributed by atoms with van der Waals surface area (Å²) < 4.78 is 1.79. The lowest BCUT2D eigenvalue weighted by Gasteiger charge is -2.21. The van der Waals surface area contributed by atoms with Gasteiger partial charge in [0.15, 0.2) is 0 Å². The van der Waals surface area contributed by atoms with Crippen molar-refractivity contribution in [2.45, 2.75) is 53.0 Å². The van der Waals surface area contributed by atoms with Gasteiger partial charge in [-0.3, -0.25) is 14.2 Å². The fraction of sp³-hybridized carbons (Fsp3) is 0.409. The van der Waals surface area contributed by atoms with Gasteiger partial charge in [0.2, 0.25) is 0 Å². The molecule has 0 N–H and O–H groups in total. The van der Waals surface area contributed by atoms with Crippen molar-refractivity contribution in [2.75, 3.05) is 11.4 Å². The third-order valence-corrected chi connectivity index (χ3v) is 6.75. The van der Waals surface area contributed by atoms with E-state index < -0.39 is 0 Å². The maximum absolute atomic E-state index is 13.4. The molecular weight excluding hydrogens is 370 g/mol. The van der Waals surface area contributed by atoms with Crippen molar-refractivity contribution < 1.29 is 4.79 Å². The molecule has 5 nitrogen and oxygen atoms in total. The molecule has 1 aromatic carbocycles. The number of fused-ring (bicyclic) bond motifs is 2. The van der Waals surface area contributed by atoms with Crippen LogP contribution >= 0.6 is 11.3 Å². The van der Waals surface area contributed by atoms with Gasteiger partial charge in [-0.15, -0.1) is 11.3 Å². The zero-order valence-corrected chi connectivity index (χ0v) is 17.4. The van der Waals surface area contributed by atoms with E-state index in [4.69, 9.17) is 4.98 Å². The molecule has 3 heterocycles. The fourth-order valence-electron chi connectivity index (χ4n) is 3.91. The highest BCUT2D eigenvalue weighted by atomic mass is 32.1. The van der Waals surface area contributed by atoms with Crippen LogP contribution in [-0.4, -0.2) is 22.0 Å². The number of benzene rings is 1. The Labute approximate surface area is 168 Å². The van der Waals surface area contributed by atoms with Crippen molar-refractivity contribution in [1.29, 1.82) is 0 Å². The van der Waals surface area contributed by atoms with E-state index in [2.05, 4.69) is 19.1 Å². The van der Waals surface area contributed by atoms with Crippen LogP contribution in [0, 0.1) is 6.92 Å². The zero-order chi connectivity index (χ0) is 19.8. The van der Waals surface area contributed by atoms with Gasteiger partial charge in [0.1, 0.15) is 10.7 Å². The molecule has 6 heteroatoms. The van der Waals surface area contributed by atoms with Crippen LogP contribution in [0.15, 0.2) is 29.1 Å². The second-order valence-electron chi connectivity index (χ2n) is 7.25. The Hall–Kier alpha value is -2.47. The molecule has 0 aliphatic carbocycles. The summed E-state index contributed by atoms with van der Waals surface area (Å²) in [6.07, 6.45) is 3.87. The first-order valence-electron chi connectivity index (χ1n) is 9.98. The van der Waals surface area contributed by atoms with E-state index in [0.29, 0.717) is 21.6 Å². The van der Waals surface area contributed by atoms with Crippen molar-refractivity contribution in [3.8, 4) is 0 Å². The van der Waals surface area contributed by atoms with Gasteiger partial charge in [-0.1, -0.05) is 19.1 Å². The lowest BCUT2D eigenvalue weighted by Crippen LogP contribution is -2.30. The highest BCUT2D eigenvalue weighted by molar-refractivity contribution is 7.20. The van der Waals surface area contributed by atoms with Gasteiger partial charge in [-0.25, -0.2) is 4.98 Å². The molecule has 0 fully saturated rings. The van der Waals surface area contributed by atoms with E-state index >= 15 is 0 Å². The standard InChI is InChI=1S/C22H25N3O2S/c1-4-15-9-11-16(12-10-15)24(5-2)22(27)19-14(3)18-20(28-19)23-17-8-6-7-13-25(17)21(18)26/h9-12H,4-8,13H2,1-3H3. The van der Waals surface area contributed by atoms with Gasteiger partial charge in [0.05, 0.1) is 10.3 Å². The van der Waals surface area contributed by atoms with Gasteiger partial charge in [0.25, 0.3) is 11.5 Å². The van der Waals surface area contributed by atoms with E-state index in [0.717, 1.165) is 49.3 Å². The van der Waals surface area contributed by atoms with Crippen LogP contribution in [0.3, 0.4) is 0 Å². The topological polar surface area (TPSA) is 55.2 Å². The summed E-state index contributed by atoms with van der Waals surface area (Å²) >= 11 is 1.35. The summed E-state index contributed by atoms with van der Waals surface area (Å²) in [6, 6.07) is 8.11. The van der Waals surface area contributed by atoms with Crippen LogP contribution in [0.4, 0.5) is 5.69 Å². The Morgan fingerprint density at radius 2 is 1.96 bits per heavy atom. The van der Waals surface area contributed by atoms with Crippen molar-refractivity contribution in [1.82, 2.24) is 9.55 Å². The molecule has 4 rings (SSSR count).